The smallest absolute Gasteiger partial charge is 0.410 e. The molecule has 3 heterocycles. The van der Waals surface area contributed by atoms with Gasteiger partial charge in [-0.15, -0.1) is 5.10 Å². The molecule has 4 N–H and O–H groups in total. The van der Waals surface area contributed by atoms with Gasteiger partial charge in [0.1, 0.15) is 0 Å². The summed E-state index contributed by atoms with van der Waals surface area (Å²) in [6, 6.07) is -0.0957. The molecule has 1 aliphatic carbocycles. The number of hydrogen-bond acceptors (Lipinski definition) is 6. The van der Waals surface area contributed by atoms with Crippen molar-refractivity contribution < 1.29 is 33.4 Å². The lowest BCUT2D eigenvalue weighted by Gasteiger charge is -2.30. The number of alkyl halides is 2. The van der Waals surface area contributed by atoms with E-state index in [1.807, 2.05) is 13.8 Å². The third kappa shape index (κ3) is 5.57. The summed E-state index contributed by atoms with van der Waals surface area (Å²) in [5.74, 6) is -5.22. The van der Waals surface area contributed by atoms with E-state index in [2.05, 4.69) is 15.7 Å². The van der Waals surface area contributed by atoms with E-state index < -0.39 is 53.7 Å². The maximum atomic E-state index is 13.5. The summed E-state index contributed by atoms with van der Waals surface area (Å²) in [6.45, 7) is 3.48. The van der Waals surface area contributed by atoms with Crippen LogP contribution in [-0.4, -0.2) is 72.3 Å². The Bertz CT molecular complexity index is 1330. The second kappa shape index (κ2) is 9.82. The Kier molecular flexibility index (Phi) is 6.93. The van der Waals surface area contributed by atoms with Gasteiger partial charge >= 0.3 is 6.09 Å². The fourth-order valence-electron chi connectivity index (χ4n) is 4.14. The van der Waals surface area contributed by atoms with Crippen LogP contribution in [0.1, 0.15) is 55.5 Å². The average molecular weight is 523 g/mol. The van der Waals surface area contributed by atoms with E-state index in [0.29, 0.717) is 0 Å². The van der Waals surface area contributed by atoms with Crippen molar-refractivity contribution in [2.45, 2.75) is 58.0 Å². The van der Waals surface area contributed by atoms with Gasteiger partial charge in [0, 0.05) is 44.6 Å². The topological polar surface area (TPSA) is 158 Å². The summed E-state index contributed by atoms with van der Waals surface area (Å²) in [7, 11) is 0. The molecule has 0 aromatic carbocycles. The quantitative estimate of drug-likeness (QED) is 0.406. The maximum absolute atomic E-state index is 13.5. The summed E-state index contributed by atoms with van der Waals surface area (Å²) < 4.78 is 29.0. The minimum Gasteiger partial charge on any atom is -0.494 e. The Morgan fingerprint density at radius 3 is 2.43 bits per heavy atom. The molecule has 12 nitrogen and oxygen atoms in total. The van der Waals surface area contributed by atoms with E-state index in [0.717, 1.165) is 23.4 Å². The molecule has 1 saturated heterocycles. The Morgan fingerprint density at radius 1 is 1.22 bits per heavy atom. The second-order valence-corrected chi connectivity index (χ2v) is 9.70. The predicted molar refractivity (Wildman–Crippen MR) is 128 cm³/mol. The molecule has 3 amide bonds. The first kappa shape index (κ1) is 26.1. The number of hydrogen-bond donors (Lipinski definition) is 4. The first-order valence-corrected chi connectivity index (χ1v) is 11.9. The fourth-order valence-corrected chi connectivity index (χ4v) is 4.14. The summed E-state index contributed by atoms with van der Waals surface area (Å²) in [6.07, 6.45) is 1.35. The maximum Gasteiger partial charge on any atom is 0.410 e. The number of rotatable bonds is 7. The number of nitrogens with one attached hydrogen (secondary N) is 2. The molecule has 0 bridgehead atoms. The van der Waals surface area contributed by atoms with E-state index >= 15 is 0 Å². The normalized spacial score (nSPS) is 17.5. The van der Waals surface area contributed by atoms with Crippen molar-refractivity contribution in [3.63, 3.8) is 0 Å². The van der Waals surface area contributed by atoms with E-state index in [1.54, 1.807) is 0 Å². The van der Waals surface area contributed by atoms with Crippen molar-refractivity contribution in [3.8, 4) is 5.88 Å². The molecule has 2 fully saturated rings. The molecule has 2 aromatic heterocycles. The molecule has 0 unspecified atom stereocenters. The Labute approximate surface area is 209 Å². The van der Waals surface area contributed by atoms with Crippen LogP contribution in [0.4, 0.5) is 19.4 Å². The van der Waals surface area contributed by atoms with Crippen LogP contribution in [0.15, 0.2) is 10.9 Å². The Balaban J connectivity index is 1.83. The monoisotopic (exact) mass is 522 g/mol. The minimum absolute atomic E-state index is 0.0136. The molecule has 2 aliphatic rings. The van der Waals surface area contributed by atoms with E-state index in [-0.39, 0.29) is 48.6 Å². The average Bonchev–Trinajstić information content (AvgIpc) is 3.54. The minimum atomic E-state index is -2.84. The molecule has 4 rings (SSSR count). The van der Waals surface area contributed by atoms with Gasteiger partial charge in [0.2, 0.25) is 11.8 Å². The molecule has 200 valence electrons. The molecule has 37 heavy (non-hydrogen) atoms. The Morgan fingerprint density at radius 2 is 1.86 bits per heavy atom. The van der Waals surface area contributed by atoms with Crippen molar-refractivity contribution in [3.05, 3.63) is 27.6 Å². The molecule has 1 aliphatic heterocycles. The number of halogens is 2. The standard InChI is InChI=1S/C23H28F2N6O6/c1-12(2)11-30-19-14(5-6-15(32)29-9-7-23(24,25)8-10-29)17(27-22(36)37)28-31(19)21(35)16(20(30)34)18(33)26-13-3-4-13/h5-6,12-13,34H,3-4,7-11H2,1-2H3,(H,26,33)(H,27,28)(H,36,37). The van der Waals surface area contributed by atoms with Crippen LogP contribution in [0, 0.1) is 5.92 Å². The van der Waals surface area contributed by atoms with Crippen LogP contribution in [0.2, 0.25) is 0 Å². The summed E-state index contributed by atoms with van der Waals surface area (Å²) >= 11 is 0. The highest BCUT2D eigenvalue weighted by Gasteiger charge is 2.35. The van der Waals surface area contributed by atoms with Gasteiger partial charge in [-0.1, -0.05) is 13.8 Å². The van der Waals surface area contributed by atoms with Gasteiger partial charge in [0.25, 0.3) is 17.4 Å². The zero-order valence-corrected chi connectivity index (χ0v) is 20.3. The third-order valence-electron chi connectivity index (χ3n) is 6.15. The van der Waals surface area contributed by atoms with Crippen molar-refractivity contribution >= 4 is 35.4 Å². The van der Waals surface area contributed by atoms with Gasteiger partial charge in [-0.3, -0.25) is 24.3 Å². The SMILES string of the molecule is CC(C)Cn1c(O)c(C(=O)NC2CC2)c(=O)n2nc(NC(=O)O)c(C=CC(=O)N3CCC(F)(F)CC3)c12. The molecule has 14 heteroatoms. The van der Waals surface area contributed by atoms with Gasteiger partial charge < -0.3 is 20.4 Å². The van der Waals surface area contributed by atoms with Gasteiger partial charge in [0.15, 0.2) is 17.0 Å². The highest BCUT2D eigenvalue weighted by Crippen LogP contribution is 2.30. The molecule has 0 atom stereocenters. The number of carboxylic acid groups (broad SMARTS) is 1. The molecule has 0 radical (unpaired) electrons. The summed E-state index contributed by atoms with van der Waals surface area (Å²) in [5, 5.41) is 29.1. The number of fused-ring (bicyclic) bond motifs is 1. The van der Waals surface area contributed by atoms with Crippen LogP contribution in [-0.2, 0) is 11.3 Å². The van der Waals surface area contributed by atoms with Crippen molar-refractivity contribution in [1.29, 1.82) is 0 Å². The number of amides is 3. The van der Waals surface area contributed by atoms with Gasteiger partial charge in [-0.2, -0.15) is 4.52 Å². The lowest BCUT2D eigenvalue weighted by Crippen LogP contribution is -2.42. The van der Waals surface area contributed by atoms with Gasteiger partial charge in [0.05, 0.1) is 5.56 Å². The van der Waals surface area contributed by atoms with E-state index in [4.69, 9.17) is 0 Å². The van der Waals surface area contributed by atoms with Crippen molar-refractivity contribution in [2.24, 2.45) is 5.92 Å². The van der Waals surface area contributed by atoms with Crippen molar-refractivity contribution in [1.82, 2.24) is 24.4 Å². The Hall–Kier alpha value is -3.97. The number of carbonyl (C=O) groups excluding carboxylic acids is 2. The molecular formula is C23H28F2N6O6. The van der Waals surface area contributed by atoms with Gasteiger partial charge in [-0.05, 0) is 24.8 Å². The van der Waals surface area contributed by atoms with Crippen LogP contribution >= 0.6 is 0 Å². The molecular weight excluding hydrogens is 494 g/mol. The highest BCUT2D eigenvalue weighted by molar-refractivity contribution is 5.98. The molecule has 0 spiro atoms. The third-order valence-corrected chi connectivity index (χ3v) is 6.15. The zero-order chi connectivity index (χ0) is 27.1. The predicted octanol–water partition coefficient (Wildman–Crippen LogP) is 2.11. The first-order chi connectivity index (χ1) is 17.4. The number of nitrogens with zero attached hydrogens (tertiary/aromatic N) is 4. The van der Waals surface area contributed by atoms with Crippen LogP contribution in [0.25, 0.3) is 11.7 Å². The molecule has 1 saturated carbocycles. The summed E-state index contributed by atoms with van der Waals surface area (Å²) in [5.41, 5.74) is -1.56. The number of likely N-dealkylation sites (tertiary alicyclic amines) is 1. The number of anilines is 1. The van der Waals surface area contributed by atoms with Crippen molar-refractivity contribution in [2.75, 3.05) is 18.4 Å². The lowest BCUT2D eigenvalue weighted by atomic mass is 10.1. The largest absolute Gasteiger partial charge is 0.494 e. The number of piperidine rings is 1. The van der Waals surface area contributed by atoms with Crippen LogP contribution in [0.5, 0.6) is 5.88 Å². The summed E-state index contributed by atoms with van der Waals surface area (Å²) in [4.78, 5) is 51.4. The molecule has 2 aromatic rings. The number of carbonyl (C=O) groups is 3. The van der Waals surface area contributed by atoms with Crippen LogP contribution in [0.3, 0.4) is 0 Å². The van der Waals surface area contributed by atoms with E-state index in [1.165, 1.54) is 15.5 Å². The zero-order valence-electron chi connectivity index (χ0n) is 20.3. The van der Waals surface area contributed by atoms with Crippen LogP contribution < -0.4 is 16.2 Å². The lowest BCUT2D eigenvalue weighted by molar-refractivity contribution is -0.132. The number of aromatic hydroxyl groups is 1. The second-order valence-electron chi connectivity index (χ2n) is 9.70. The van der Waals surface area contributed by atoms with E-state index in [9.17, 15) is 38.2 Å². The highest BCUT2D eigenvalue weighted by atomic mass is 19.3. The van der Waals surface area contributed by atoms with Gasteiger partial charge in [-0.25, -0.2) is 13.6 Å². The first-order valence-electron chi connectivity index (χ1n) is 11.9. The fraction of sp³-hybridized carbons (Fsp3) is 0.522. The number of aromatic nitrogens is 3.